The minimum atomic E-state index is -0.0710. The minimum absolute atomic E-state index is 0.0344. The summed E-state index contributed by atoms with van der Waals surface area (Å²) in [6.45, 7) is 1.55. The van der Waals surface area contributed by atoms with Gasteiger partial charge in [-0.3, -0.25) is 9.36 Å². The van der Waals surface area contributed by atoms with Crippen molar-refractivity contribution in [3.05, 3.63) is 53.8 Å². The second kappa shape index (κ2) is 7.47. The van der Waals surface area contributed by atoms with Crippen molar-refractivity contribution >= 4 is 39.7 Å². The van der Waals surface area contributed by atoms with Crippen LogP contribution >= 0.6 is 22.9 Å². The van der Waals surface area contributed by atoms with Gasteiger partial charge in [0.15, 0.2) is 0 Å². The lowest BCUT2D eigenvalue weighted by molar-refractivity contribution is -0.120. The summed E-state index contributed by atoms with van der Waals surface area (Å²) in [5.41, 5.74) is 0.766. The lowest BCUT2D eigenvalue weighted by atomic mass is 9.97. The van der Waals surface area contributed by atoms with E-state index >= 15 is 0 Å². The van der Waals surface area contributed by atoms with Gasteiger partial charge in [-0.1, -0.05) is 22.9 Å². The Balaban J connectivity index is 1.42. The standard InChI is InChI=1S/C18H18ClN5OS/c19-14-5-7-15(8-6-14)20-16(25)13-4-3-11-24(12-13)18-22-21-17(26-18)23-9-1-2-10-23/h1-2,5-10,13H,3-4,11-12H2,(H,20,25). The van der Waals surface area contributed by atoms with Gasteiger partial charge in [0.1, 0.15) is 0 Å². The highest BCUT2D eigenvalue weighted by molar-refractivity contribution is 7.17. The molecule has 1 fully saturated rings. The number of nitrogens with zero attached hydrogens (tertiary/aromatic N) is 4. The monoisotopic (exact) mass is 387 g/mol. The summed E-state index contributed by atoms with van der Waals surface area (Å²) in [6.07, 6.45) is 5.72. The maximum Gasteiger partial charge on any atom is 0.229 e. The van der Waals surface area contributed by atoms with E-state index in [1.807, 2.05) is 41.2 Å². The van der Waals surface area contributed by atoms with E-state index < -0.39 is 0 Å². The first-order valence-corrected chi connectivity index (χ1v) is 9.67. The molecule has 3 aromatic rings. The van der Waals surface area contributed by atoms with Crippen LogP contribution in [0.4, 0.5) is 10.8 Å². The van der Waals surface area contributed by atoms with Crippen molar-refractivity contribution in [2.75, 3.05) is 23.3 Å². The molecule has 1 aliphatic heterocycles. The number of amides is 1. The largest absolute Gasteiger partial charge is 0.346 e. The Bertz CT molecular complexity index is 877. The van der Waals surface area contributed by atoms with Crippen LogP contribution in [-0.2, 0) is 4.79 Å². The molecule has 6 nitrogen and oxygen atoms in total. The van der Waals surface area contributed by atoms with Crippen LogP contribution in [0.15, 0.2) is 48.8 Å². The van der Waals surface area contributed by atoms with Crippen molar-refractivity contribution in [2.45, 2.75) is 12.8 Å². The minimum Gasteiger partial charge on any atom is -0.346 e. The number of aromatic nitrogens is 3. The maximum absolute atomic E-state index is 12.6. The SMILES string of the molecule is O=C(Nc1ccc(Cl)cc1)C1CCCN(c2nnc(-n3cccc3)s2)C1. The topological polar surface area (TPSA) is 63.1 Å². The quantitative estimate of drug-likeness (QED) is 0.738. The Morgan fingerprint density at radius 1 is 1.15 bits per heavy atom. The van der Waals surface area contributed by atoms with Crippen molar-refractivity contribution in [2.24, 2.45) is 5.92 Å². The third-order valence-corrected chi connectivity index (χ3v) is 5.65. The molecule has 134 valence electrons. The summed E-state index contributed by atoms with van der Waals surface area (Å²) in [6, 6.07) is 11.1. The fourth-order valence-corrected chi connectivity index (χ4v) is 4.02. The number of rotatable bonds is 4. The van der Waals surface area contributed by atoms with E-state index in [9.17, 15) is 4.79 Å². The van der Waals surface area contributed by atoms with E-state index in [4.69, 9.17) is 11.6 Å². The number of piperidine rings is 1. The first kappa shape index (κ1) is 17.1. The first-order valence-electron chi connectivity index (χ1n) is 8.47. The lowest BCUT2D eigenvalue weighted by Crippen LogP contribution is -2.40. The van der Waals surface area contributed by atoms with Gasteiger partial charge in [-0.05, 0) is 49.2 Å². The molecule has 1 amide bonds. The second-order valence-corrected chi connectivity index (χ2v) is 7.61. The van der Waals surface area contributed by atoms with Gasteiger partial charge in [-0.25, -0.2) is 0 Å². The van der Waals surface area contributed by atoms with E-state index in [1.165, 1.54) is 11.3 Å². The van der Waals surface area contributed by atoms with Crippen LogP contribution in [0.5, 0.6) is 0 Å². The van der Waals surface area contributed by atoms with E-state index in [0.29, 0.717) is 11.6 Å². The van der Waals surface area contributed by atoms with Crippen LogP contribution in [0.2, 0.25) is 5.02 Å². The van der Waals surface area contributed by atoms with Gasteiger partial charge in [0, 0.05) is 36.2 Å². The predicted molar refractivity (Wildman–Crippen MR) is 104 cm³/mol. The molecular formula is C18H18ClN5OS. The first-order chi connectivity index (χ1) is 12.7. The average Bonchev–Trinajstić information content (AvgIpc) is 3.35. The molecule has 1 N–H and O–H groups in total. The molecule has 4 rings (SSSR count). The summed E-state index contributed by atoms with van der Waals surface area (Å²) in [5, 5.41) is 13.9. The van der Waals surface area contributed by atoms with Crippen LogP contribution in [0.1, 0.15) is 12.8 Å². The number of hydrogen-bond donors (Lipinski definition) is 1. The van der Waals surface area contributed by atoms with E-state index in [1.54, 1.807) is 12.1 Å². The summed E-state index contributed by atoms with van der Waals surface area (Å²) in [7, 11) is 0. The molecular weight excluding hydrogens is 370 g/mol. The lowest BCUT2D eigenvalue weighted by Gasteiger charge is -2.31. The molecule has 26 heavy (non-hydrogen) atoms. The van der Waals surface area contributed by atoms with Crippen LogP contribution in [0.25, 0.3) is 5.13 Å². The smallest absolute Gasteiger partial charge is 0.229 e. The van der Waals surface area contributed by atoms with E-state index in [0.717, 1.165) is 35.3 Å². The zero-order chi connectivity index (χ0) is 17.9. The van der Waals surface area contributed by atoms with Crippen LogP contribution in [0, 0.1) is 5.92 Å². The Labute approximate surface area is 160 Å². The van der Waals surface area contributed by atoms with E-state index in [-0.39, 0.29) is 11.8 Å². The highest BCUT2D eigenvalue weighted by Crippen LogP contribution is 2.28. The van der Waals surface area contributed by atoms with E-state index in [2.05, 4.69) is 20.4 Å². The molecule has 0 aliphatic carbocycles. The molecule has 0 saturated carbocycles. The molecule has 0 bridgehead atoms. The third kappa shape index (κ3) is 3.73. The fourth-order valence-electron chi connectivity index (χ4n) is 3.04. The number of carbonyl (C=O) groups excluding carboxylic acids is 1. The molecule has 1 saturated heterocycles. The number of nitrogens with one attached hydrogen (secondary N) is 1. The Morgan fingerprint density at radius 2 is 1.88 bits per heavy atom. The molecule has 0 radical (unpaired) electrons. The third-order valence-electron chi connectivity index (χ3n) is 4.40. The van der Waals surface area contributed by atoms with Gasteiger partial charge < -0.3 is 10.2 Å². The summed E-state index contributed by atoms with van der Waals surface area (Å²) in [5.74, 6) is -0.0365. The van der Waals surface area contributed by atoms with Gasteiger partial charge >= 0.3 is 0 Å². The van der Waals surface area contributed by atoms with Crippen LogP contribution in [0.3, 0.4) is 0 Å². The highest BCUT2D eigenvalue weighted by atomic mass is 35.5. The number of hydrogen-bond acceptors (Lipinski definition) is 5. The van der Waals surface area contributed by atoms with Gasteiger partial charge in [-0.15, -0.1) is 10.2 Å². The Hall–Kier alpha value is -2.38. The molecule has 2 aromatic heterocycles. The fraction of sp³-hybridized carbons (Fsp3) is 0.278. The normalized spacial score (nSPS) is 17.3. The summed E-state index contributed by atoms with van der Waals surface area (Å²) in [4.78, 5) is 14.8. The number of anilines is 2. The second-order valence-electron chi connectivity index (χ2n) is 6.24. The van der Waals surface area contributed by atoms with Crippen molar-refractivity contribution in [1.29, 1.82) is 0 Å². The molecule has 1 atom stereocenters. The van der Waals surface area contributed by atoms with Crippen molar-refractivity contribution in [3.8, 4) is 5.13 Å². The number of halogens is 1. The zero-order valence-corrected chi connectivity index (χ0v) is 15.6. The summed E-state index contributed by atoms with van der Waals surface area (Å²) < 4.78 is 1.94. The highest BCUT2D eigenvalue weighted by Gasteiger charge is 2.27. The summed E-state index contributed by atoms with van der Waals surface area (Å²) >= 11 is 7.43. The Kier molecular flexibility index (Phi) is 4.90. The van der Waals surface area contributed by atoms with Gasteiger partial charge in [-0.2, -0.15) is 0 Å². The van der Waals surface area contributed by atoms with Crippen LogP contribution in [-0.4, -0.2) is 33.8 Å². The average molecular weight is 388 g/mol. The Morgan fingerprint density at radius 3 is 2.65 bits per heavy atom. The molecule has 0 spiro atoms. The molecule has 1 aromatic carbocycles. The van der Waals surface area contributed by atoms with Crippen molar-refractivity contribution < 1.29 is 4.79 Å². The maximum atomic E-state index is 12.6. The molecule has 1 unspecified atom stereocenters. The number of carbonyl (C=O) groups is 1. The predicted octanol–water partition coefficient (Wildman–Crippen LogP) is 3.84. The van der Waals surface area contributed by atoms with Crippen molar-refractivity contribution in [1.82, 2.24) is 14.8 Å². The van der Waals surface area contributed by atoms with Gasteiger partial charge in [0.25, 0.3) is 0 Å². The van der Waals surface area contributed by atoms with Gasteiger partial charge in [0.2, 0.25) is 16.2 Å². The zero-order valence-electron chi connectivity index (χ0n) is 14.0. The molecule has 8 heteroatoms. The van der Waals surface area contributed by atoms with Crippen LogP contribution < -0.4 is 10.2 Å². The molecule has 3 heterocycles. The number of benzene rings is 1. The molecule has 1 aliphatic rings. The van der Waals surface area contributed by atoms with Gasteiger partial charge in [0.05, 0.1) is 5.92 Å². The van der Waals surface area contributed by atoms with Crippen molar-refractivity contribution in [3.63, 3.8) is 0 Å².